The molecular formula is C22H26FNO6S. The Labute approximate surface area is 181 Å². The van der Waals surface area contributed by atoms with Gasteiger partial charge in [0, 0.05) is 13.1 Å². The number of carbonyl (C=O) groups is 1. The number of piperidine rings is 1. The number of esters is 1. The zero-order chi connectivity index (χ0) is 22.3. The fraction of sp³-hybridized carbons (Fsp3) is 0.409. The van der Waals surface area contributed by atoms with E-state index < -0.39 is 21.8 Å². The summed E-state index contributed by atoms with van der Waals surface area (Å²) < 4.78 is 56.3. The van der Waals surface area contributed by atoms with E-state index in [-0.39, 0.29) is 42.9 Å². The lowest BCUT2D eigenvalue weighted by Gasteiger charge is -2.30. The van der Waals surface area contributed by atoms with E-state index in [1.165, 1.54) is 28.6 Å². The van der Waals surface area contributed by atoms with E-state index in [0.29, 0.717) is 25.2 Å². The number of hydrogen-bond donors (Lipinski definition) is 0. The summed E-state index contributed by atoms with van der Waals surface area (Å²) in [4.78, 5) is 12.5. The van der Waals surface area contributed by atoms with Crippen LogP contribution in [-0.4, -0.2) is 51.6 Å². The molecule has 0 atom stereocenters. The molecule has 0 aromatic heterocycles. The maximum Gasteiger partial charge on any atom is 0.309 e. The Morgan fingerprint density at radius 2 is 1.71 bits per heavy atom. The summed E-state index contributed by atoms with van der Waals surface area (Å²) in [5.74, 6) is -0.529. The summed E-state index contributed by atoms with van der Waals surface area (Å²) in [6.45, 7) is 2.87. The number of ether oxygens (including phenoxy) is 3. The summed E-state index contributed by atoms with van der Waals surface area (Å²) in [7, 11) is -3.63. The molecule has 0 bridgehead atoms. The van der Waals surface area contributed by atoms with Gasteiger partial charge in [0.25, 0.3) is 0 Å². The highest BCUT2D eigenvalue weighted by atomic mass is 32.2. The molecular weight excluding hydrogens is 425 g/mol. The molecule has 2 aromatic carbocycles. The summed E-state index contributed by atoms with van der Waals surface area (Å²) in [5.41, 5.74) is 0. The van der Waals surface area contributed by atoms with E-state index in [1.807, 2.05) is 6.92 Å². The molecule has 0 amide bonds. The van der Waals surface area contributed by atoms with Gasteiger partial charge in [-0.25, -0.2) is 12.8 Å². The van der Waals surface area contributed by atoms with E-state index in [4.69, 9.17) is 14.2 Å². The van der Waals surface area contributed by atoms with E-state index in [1.54, 1.807) is 24.3 Å². The number of hydrogen-bond acceptors (Lipinski definition) is 6. The van der Waals surface area contributed by atoms with Crippen molar-refractivity contribution < 1.29 is 31.8 Å². The van der Waals surface area contributed by atoms with E-state index >= 15 is 0 Å². The Hall–Kier alpha value is -2.65. The van der Waals surface area contributed by atoms with Gasteiger partial charge in [-0.1, -0.05) is 12.1 Å². The quantitative estimate of drug-likeness (QED) is 0.430. The summed E-state index contributed by atoms with van der Waals surface area (Å²) in [5, 5.41) is 0. The van der Waals surface area contributed by atoms with Crippen molar-refractivity contribution in [3.05, 3.63) is 54.3 Å². The number of nitrogens with zero attached hydrogens (tertiary/aromatic N) is 1. The van der Waals surface area contributed by atoms with Crippen LogP contribution in [0.5, 0.6) is 11.5 Å². The molecule has 0 aliphatic carbocycles. The molecule has 0 radical (unpaired) electrons. The molecule has 1 aliphatic rings. The van der Waals surface area contributed by atoms with Crippen LogP contribution in [-0.2, 0) is 19.6 Å². The zero-order valence-corrected chi connectivity index (χ0v) is 18.1. The van der Waals surface area contributed by atoms with Gasteiger partial charge < -0.3 is 14.2 Å². The Morgan fingerprint density at radius 1 is 1.03 bits per heavy atom. The first-order chi connectivity index (χ1) is 14.9. The molecule has 0 N–H and O–H groups in total. The maximum absolute atomic E-state index is 13.5. The van der Waals surface area contributed by atoms with Crippen LogP contribution in [0.25, 0.3) is 0 Å². The first-order valence-corrected chi connectivity index (χ1v) is 11.6. The van der Waals surface area contributed by atoms with Crippen molar-refractivity contribution in [1.82, 2.24) is 4.31 Å². The minimum Gasteiger partial charge on any atom is -0.494 e. The Morgan fingerprint density at radius 3 is 2.35 bits per heavy atom. The maximum atomic E-state index is 13.5. The second kappa shape index (κ2) is 10.6. The predicted octanol–water partition coefficient (Wildman–Crippen LogP) is 3.25. The molecule has 1 aliphatic heterocycles. The van der Waals surface area contributed by atoms with E-state index in [9.17, 15) is 17.6 Å². The number of rotatable bonds is 9. The second-order valence-electron chi connectivity index (χ2n) is 7.03. The van der Waals surface area contributed by atoms with Crippen LogP contribution in [0.2, 0.25) is 0 Å². The van der Waals surface area contributed by atoms with Gasteiger partial charge in [-0.2, -0.15) is 4.31 Å². The molecule has 3 rings (SSSR count). The third kappa shape index (κ3) is 5.95. The Bertz CT molecular complexity index is 972. The summed E-state index contributed by atoms with van der Waals surface area (Å²) in [6, 6.07) is 12.3. The molecule has 0 spiro atoms. The molecule has 0 saturated carbocycles. The topological polar surface area (TPSA) is 82.1 Å². The van der Waals surface area contributed by atoms with Gasteiger partial charge >= 0.3 is 5.97 Å². The Kier molecular flexibility index (Phi) is 7.86. The summed E-state index contributed by atoms with van der Waals surface area (Å²) >= 11 is 0. The summed E-state index contributed by atoms with van der Waals surface area (Å²) in [6.07, 6.45) is 0.756. The highest BCUT2D eigenvalue weighted by Crippen LogP contribution is 2.26. The lowest BCUT2D eigenvalue weighted by Crippen LogP contribution is -2.40. The van der Waals surface area contributed by atoms with Crippen molar-refractivity contribution in [3.63, 3.8) is 0 Å². The molecule has 2 aromatic rings. The average molecular weight is 452 g/mol. The average Bonchev–Trinajstić information content (AvgIpc) is 2.78. The first-order valence-electron chi connectivity index (χ1n) is 10.2. The van der Waals surface area contributed by atoms with E-state index in [2.05, 4.69) is 0 Å². The molecule has 31 heavy (non-hydrogen) atoms. The van der Waals surface area contributed by atoms with Crippen molar-refractivity contribution in [2.45, 2.75) is 24.7 Å². The molecule has 7 nitrogen and oxygen atoms in total. The monoisotopic (exact) mass is 451 g/mol. The van der Waals surface area contributed by atoms with Gasteiger partial charge in [0.15, 0.2) is 11.6 Å². The molecule has 1 fully saturated rings. The standard InChI is InChI=1S/C22H26FNO6S/c1-2-28-18-7-9-19(10-8-18)31(26,27)24-13-11-17(12-14-24)22(25)30-16-15-29-21-6-4-3-5-20(21)23/h3-10,17H,2,11-16H2,1H3. The van der Waals surface area contributed by atoms with Gasteiger partial charge in [-0.15, -0.1) is 0 Å². The van der Waals surface area contributed by atoms with Crippen LogP contribution in [0, 0.1) is 11.7 Å². The number of sulfonamides is 1. The molecule has 168 valence electrons. The van der Waals surface area contributed by atoms with Crippen LogP contribution in [0.15, 0.2) is 53.4 Å². The molecule has 0 unspecified atom stereocenters. The van der Waals surface area contributed by atoms with Crippen LogP contribution >= 0.6 is 0 Å². The molecule has 1 saturated heterocycles. The highest BCUT2D eigenvalue weighted by molar-refractivity contribution is 7.89. The van der Waals surface area contributed by atoms with Crippen LogP contribution in [0.4, 0.5) is 4.39 Å². The number of carbonyl (C=O) groups excluding carboxylic acids is 1. The fourth-order valence-corrected chi connectivity index (χ4v) is 4.80. The second-order valence-corrected chi connectivity index (χ2v) is 8.97. The van der Waals surface area contributed by atoms with Crippen LogP contribution in [0.1, 0.15) is 19.8 Å². The van der Waals surface area contributed by atoms with Gasteiger partial charge in [0.1, 0.15) is 19.0 Å². The van der Waals surface area contributed by atoms with Gasteiger partial charge in [-0.3, -0.25) is 4.79 Å². The normalized spacial score (nSPS) is 15.4. The fourth-order valence-electron chi connectivity index (χ4n) is 3.33. The van der Waals surface area contributed by atoms with Crippen molar-refractivity contribution in [2.75, 3.05) is 32.9 Å². The number of halogens is 1. The zero-order valence-electron chi connectivity index (χ0n) is 17.3. The minimum absolute atomic E-state index is 0.00212. The van der Waals surface area contributed by atoms with Gasteiger partial charge in [0.05, 0.1) is 17.4 Å². The first kappa shape index (κ1) is 23.0. The Balaban J connectivity index is 1.45. The largest absolute Gasteiger partial charge is 0.494 e. The SMILES string of the molecule is CCOc1ccc(S(=O)(=O)N2CCC(C(=O)OCCOc3ccccc3F)CC2)cc1. The smallest absolute Gasteiger partial charge is 0.309 e. The molecule has 1 heterocycles. The van der Waals surface area contributed by atoms with Crippen LogP contribution in [0.3, 0.4) is 0 Å². The third-order valence-corrected chi connectivity index (χ3v) is 6.89. The highest BCUT2D eigenvalue weighted by Gasteiger charge is 2.32. The van der Waals surface area contributed by atoms with Crippen molar-refractivity contribution in [3.8, 4) is 11.5 Å². The van der Waals surface area contributed by atoms with Crippen molar-refractivity contribution >= 4 is 16.0 Å². The van der Waals surface area contributed by atoms with Gasteiger partial charge in [-0.05, 0) is 56.2 Å². The lowest BCUT2D eigenvalue weighted by molar-refractivity contribution is -0.150. The van der Waals surface area contributed by atoms with E-state index in [0.717, 1.165) is 0 Å². The third-order valence-electron chi connectivity index (χ3n) is 4.98. The van der Waals surface area contributed by atoms with Gasteiger partial charge in [0.2, 0.25) is 10.0 Å². The lowest BCUT2D eigenvalue weighted by atomic mass is 9.98. The number of benzene rings is 2. The van der Waals surface area contributed by atoms with Crippen molar-refractivity contribution in [1.29, 1.82) is 0 Å². The minimum atomic E-state index is -3.63. The predicted molar refractivity (Wildman–Crippen MR) is 112 cm³/mol. The van der Waals surface area contributed by atoms with Crippen molar-refractivity contribution in [2.24, 2.45) is 5.92 Å². The van der Waals surface area contributed by atoms with Crippen LogP contribution < -0.4 is 9.47 Å². The molecule has 9 heteroatoms. The number of para-hydroxylation sites is 1.